The lowest BCUT2D eigenvalue weighted by molar-refractivity contribution is -0.116. The molecule has 1 aliphatic rings. The predicted molar refractivity (Wildman–Crippen MR) is 68.4 cm³/mol. The topological polar surface area (TPSA) is 41.1 Å². The van der Waals surface area contributed by atoms with E-state index < -0.39 is 5.82 Å². The summed E-state index contributed by atoms with van der Waals surface area (Å²) in [5.41, 5.74) is 0.218. The van der Waals surface area contributed by atoms with E-state index in [0.717, 1.165) is 19.4 Å². The van der Waals surface area contributed by atoms with E-state index in [2.05, 4.69) is 26.6 Å². The molecule has 2 rings (SSSR count). The number of amides is 1. The molecule has 2 N–H and O–H groups in total. The van der Waals surface area contributed by atoms with Crippen LogP contribution in [0.1, 0.15) is 19.3 Å². The van der Waals surface area contributed by atoms with Gasteiger partial charge in [-0.1, -0.05) is 6.07 Å². The molecule has 1 aromatic rings. The maximum Gasteiger partial charge on any atom is 0.226 e. The number of benzene rings is 1. The first-order chi connectivity index (χ1) is 8.16. The highest BCUT2D eigenvalue weighted by atomic mass is 79.9. The summed E-state index contributed by atoms with van der Waals surface area (Å²) >= 11 is 3.22. The standard InChI is InChI=1S/C12H14BrFN2O/c13-9-4-1-5-10(14)12(9)16-11(17)7-8-3-2-6-15-8/h1,4-5,8,15H,2-3,6-7H2,(H,16,17). The number of hydrogen-bond donors (Lipinski definition) is 2. The number of halogens is 2. The molecule has 1 heterocycles. The molecule has 5 heteroatoms. The Labute approximate surface area is 108 Å². The van der Waals surface area contributed by atoms with Gasteiger partial charge >= 0.3 is 0 Å². The lowest BCUT2D eigenvalue weighted by Gasteiger charge is -2.12. The molecule has 1 aliphatic heterocycles. The quantitative estimate of drug-likeness (QED) is 0.901. The minimum absolute atomic E-state index is 0.157. The van der Waals surface area contributed by atoms with E-state index in [-0.39, 0.29) is 17.6 Å². The van der Waals surface area contributed by atoms with Crippen LogP contribution in [0.5, 0.6) is 0 Å². The Balaban J connectivity index is 1.97. The number of carbonyl (C=O) groups excluding carboxylic acids is 1. The first-order valence-corrected chi connectivity index (χ1v) is 6.43. The van der Waals surface area contributed by atoms with Crippen LogP contribution < -0.4 is 10.6 Å². The third-order valence-corrected chi connectivity index (χ3v) is 3.48. The van der Waals surface area contributed by atoms with Crippen LogP contribution in [0.15, 0.2) is 22.7 Å². The molecule has 0 saturated carbocycles. The second-order valence-corrected chi connectivity index (χ2v) is 5.00. The van der Waals surface area contributed by atoms with Crippen molar-refractivity contribution in [3.63, 3.8) is 0 Å². The van der Waals surface area contributed by atoms with Crippen molar-refractivity contribution in [2.24, 2.45) is 0 Å². The Morgan fingerprint density at radius 1 is 1.59 bits per heavy atom. The van der Waals surface area contributed by atoms with Crippen LogP contribution in [0.3, 0.4) is 0 Å². The summed E-state index contributed by atoms with van der Waals surface area (Å²) in [7, 11) is 0. The van der Waals surface area contributed by atoms with Crippen LogP contribution in [-0.4, -0.2) is 18.5 Å². The Kier molecular flexibility index (Phi) is 4.12. The summed E-state index contributed by atoms with van der Waals surface area (Å²) in [4.78, 5) is 11.7. The maximum atomic E-state index is 13.5. The number of hydrogen-bond acceptors (Lipinski definition) is 2. The van der Waals surface area contributed by atoms with Crippen molar-refractivity contribution in [3.05, 3.63) is 28.5 Å². The molecule has 0 spiro atoms. The van der Waals surface area contributed by atoms with E-state index in [9.17, 15) is 9.18 Å². The molecular formula is C12H14BrFN2O. The number of para-hydroxylation sites is 1. The summed E-state index contributed by atoms with van der Waals surface area (Å²) in [6, 6.07) is 4.84. The highest BCUT2D eigenvalue weighted by molar-refractivity contribution is 9.10. The molecule has 1 amide bonds. The molecule has 0 bridgehead atoms. The minimum atomic E-state index is -0.424. The summed E-state index contributed by atoms with van der Waals surface area (Å²) in [5.74, 6) is -0.581. The number of rotatable bonds is 3. The van der Waals surface area contributed by atoms with E-state index in [1.165, 1.54) is 6.07 Å². The zero-order chi connectivity index (χ0) is 12.3. The Hall–Kier alpha value is -0.940. The van der Waals surface area contributed by atoms with E-state index in [0.29, 0.717) is 10.9 Å². The maximum absolute atomic E-state index is 13.5. The van der Waals surface area contributed by atoms with Gasteiger partial charge < -0.3 is 10.6 Å². The fourth-order valence-corrected chi connectivity index (χ4v) is 2.40. The van der Waals surface area contributed by atoms with Crippen LogP contribution >= 0.6 is 15.9 Å². The molecule has 0 aliphatic carbocycles. The molecule has 1 atom stereocenters. The molecule has 1 unspecified atom stereocenters. The molecule has 0 aromatic heterocycles. The predicted octanol–water partition coefficient (Wildman–Crippen LogP) is 2.67. The number of carbonyl (C=O) groups is 1. The summed E-state index contributed by atoms with van der Waals surface area (Å²) in [5, 5.41) is 5.84. The Morgan fingerprint density at radius 2 is 2.41 bits per heavy atom. The van der Waals surface area contributed by atoms with Crippen LogP contribution in [0.25, 0.3) is 0 Å². The summed E-state index contributed by atoms with van der Waals surface area (Å²) in [6.45, 7) is 0.960. The van der Waals surface area contributed by atoms with E-state index >= 15 is 0 Å². The van der Waals surface area contributed by atoms with Crippen molar-refractivity contribution in [1.82, 2.24) is 5.32 Å². The smallest absolute Gasteiger partial charge is 0.226 e. The van der Waals surface area contributed by atoms with E-state index in [1.54, 1.807) is 12.1 Å². The Bertz CT molecular complexity index is 399. The van der Waals surface area contributed by atoms with Gasteiger partial charge in [-0.15, -0.1) is 0 Å². The van der Waals surface area contributed by atoms with Gasteiger partial charge in [0.2, 0.25) is 5.91 Å². The first kappa shape index (κ1) is 12.5. The van der Waals surface area contributed by atoms with Gasteiger partial charge in [-0.25, -0.2) is 4.39 Å². The van der Waals surface area contributed by atoms with Crippen molar-refractivity contribution < 1.29 is 9.18 Å². The largest absolute Gasteiger partial charge is 0.323 e. The van der Waals surface area contributed by atoms with Gasteiger partial charge in [0.15, 0.2) is 0 Å². The fraction of sp³-hybridized carbons (Fsp3) is 0.417. The van der Waals surface area contributed by atoms with Crippen LogP contribution in [-0.2, 0) is 4.79 Å². The molecule has 1 aromatic carbocycles. The van der Waals surface area contributed by atoms with Gasteiger partial charge in [0.25, 0.3) is 0 Å². The van der Waals surface area contributed by atoms with Gasteiger partial charge in [0.1, 0.15) is 5.82 Å². The first-order valence-electron chi connectivity index (χ1n) is 5.64. The second-order valence-electron chi connectivity index (χ2n) is 4.14. The second kappa shape index (κ2) is 5.60. The van der Waals surface area contributed by atoms with Gasteiger partial charge in [-0.2, -0.15) is 0 Å². The monoisotopic (exact) mass is 300 g/mol. The van der Waals surface area contributed by atoms with Crippen molar-refractivity contribution in [1.29, 1.82) is 0 Å². The third-order valence-electron chi connectivity index (χ3n) is 2.82. The van der Waals surface area contributed by atoms with Crippen LogP contribution in [0.4, 0.5) is 10.1 Å². The molecule has 1 fully saturated rings. The Morgan fingerprint density at radius 3 is 3.06 bits per heavy atom. The van der Waals surface area contributed by atoms with Crippen LogP contribution in [0.2, 0.25) is 0 Å². The number of anilines is 1. The minimum Gasteiger partial charge on any atom is -0.323 e. The fourth-order valence-electron chi connectivity index (χ4n) is 1.96. The van der Waals surface area contributed by atoms with Gasteiger partial charge in [0.05, 0.1) is 5.69 Å². The summed E-state index contributed by atoms with van der Waals surface area (Å²) < 4.78 is 14.0. The lowest BCUT2D eigenvalue weighted by Crippen LogP contribution is -2.27. The molecule has 92 valence electrons. The van der Waals surface area contributed by atoms with Crippen molar-refractivity contribution in [3.8, 4) is 0 Å². The molecule has 0 radical (unpaired) electrons. The van der Waals surface area contributed by atoms with Gasteiger partial charge in [0, 0.05) is 16.9 Å². The van der Waals surface area contributed by atoms with E-state index in [4.69, 9.17) is 0 Å². The average Bonchev–Trinajstić information content (AvgIpc) is 2.76. The zero-order valence-electron chi connectivity index (χ0n) is 9.30. The summed E-state index contributed by atoms with van der Waals surface area (Å²) in [6.07, 6.45) is 2.49. The van der Waals surface area contributed by atoms with Crippen molar-refractivity contribution in [2.45, 2.75) is 25.3 Å². The third kappa shape index (κ3) is 3.26. The van der Waals surface area contributed by atoms with Gasteiger partial charge in [-0.3, -0.25) is 4.79 Å². The molecule has 1 saturated heterocycles. The highest BCUT2D eigenvalue weighted by Crippen LogP contribution is 2.25. The van der Waals surface area contributed by atoms with Gasteiger partial charge in [-0.05, 0) is 47.4 Å². The van der Waals surface area contributed by atoms with Crippen LogP contribution in [0, 0.1) is 5.82 Å². The van der Waals surface area contributed by atoms with Crippen molar-refractivity contribution in [2.75, 3.05) is 11.9 Å². The van der Waals surface area contributed by atoms with Crippen molar-refractivity contribution >= 4 is 27.5 Å². The average molecular weight is 301 g/mol. The number of nitrogens with one attached hydrogen (secondary N) is 2. The molecule has 17 heavy (non-hydrogen) atoms. The molecule has 3 nitrogen and oxygen atoms in total. The SMILES string of the molecule is O=C(CC1CCCN1)Nc1c(F)cccc1Br. The van der Waals surface area contributed by atoms with E-state index in [1.807, 2.05) is 0 Å². The molecular weight excluding hydrogens is 287 g/mol. The normalized spacial score (nSPS) is 19.3. The zero-order valence-corrected chi connectivity index (χ0v) is 10.9. The highest BCUT2D eigenvalue weighted by Gasteiger charge is 2.18. The lowest BCUT2D eigenvalue weighted by atomic mass is 10.1.